The fourth-order valence-corrected chi connectivity index (χ4v) is 1.62. The van der Waals surface area contributed by atoms with Gasteiger partial charge in [0.2, 0.25) is 0 Å². The predicted molar refractivity (Wildman–Crippen MR) is 68.6 cm³/mol. The lowest BCUT2D eigenvalue weighted by Crippen LogP contribution is -2.47. The van der Waals surface area contributed by atoms with Gasteiger partial charge in [-0.2, -0.15) is 0 Å². The van der Waals surface area contributed by atoms with Crippen LogP contribution in [0.3, 0.4) is 0 Å². The molecule has 0 rings (SSSR count). The van der Waals surface area contributed by atoms with Crippen LogP contribution in [-0.4, -0.2) is 56.1 Å². The van der Waals surface area contributed by atoms with Crippen molar-refractivity contribution in [3.05, 3.63) is 0 Å². The highest BCUT2D eigenvalue weighted by Gasteiger charge is 2.16. The number of carbonyl (C=O) groups excluding carboxylic acids is 1. The summed E-state index contributed by atoms with van der Waals surface area (Å²) in [5, 5.41) is 3.08. The van der Waals surface area contributed by atoms with E-state index < -0.39 is 0 Å². The fraction of sp³-hybridized carbons (Fsp3) is 0.917. The third-order valence-electron chi connectivity index (χ3n) is 2.49. The van der Waals surface area contributed by atoms with Crippen LogP contribution >= 0.6 is 0 Å². The van der Waals surface area contributed by atoms with Crippen molar-refractivity contribution in [2.75, 3.05) is 34.2 Å². The van der Waals surface area contributed by atoms with E-state index in [0.717, 1.165) is 19.5 Å². The van der Waals surface area contributed by atoms with Gasteiger partial charge >= 0.3 is 6.03 Å². The summed E-state index contributed by atoms with van der Waals surface area (Å²) in [6.07, 6.45) is 1.02. The van der Waals surface area contributed by atoms with Crippen molar-refractivity contribution >= 4 is 6.03 Å². The second-order valence-electron chi connectivity index (χ2n) is 5.05. The first-order valence-electron chi connectivity index (χ1n) is 6.03. The number of amides is 2. The lowest BCUT2D eigenvalue weighted by atomic mass is 10.0. The Labute approximate surface area is 100.0 Å². The fourth-order valence-electron chi connectivity index (χ4n) is 1.62. The average molecular weight is 229 g/mol. The molecule has 0 saturated heterocycles. The zero-order valence-corrected chi connectivity index (χ0v) is 11.6. The van der Waals surface area contributed by atoms with Gasteiger partial charge in [0.05, 0.1) is 0 Å². The van der Waals surface area contributed by atoms with Gasteiger partial charge in [0.15, 0.2) is 0 Å². The van der Waals surface area contributed by atoms with Crippen molar-refractivity contribution in [2.45, 2.75) is 33.2 Å². The smallest absolute Gasteiger partial charge is 0.317 e. The summed E-state index contributed by atoms with van der Waals surface area (Å²) in [6.45, 7) is 7.96. The largest absolute Gasteiger partial charge is 0.334 e. The Balaban J connectivity index is 4.24. The van der Waals surface area contributed by atoms with Crippen molar-refractivity contribution in [1.29, 1.82) is 0 Å². The summed E-state index contributed by atoms with van der Waals surface area (Å²) >= 11 is 0. The van der Waals surface area contributed by atoms with E-state index in [2.05, 4.69) is 24.1 Å². The van der Waals surface area contributed by atoms with Crippen LogP contribution in [0.25, 0.3) is 0 Å². The third-order valence-corrected chi connectivity index (χ3v) is 2.49. The van der Waals surface area contributed by atoms with Crippen molar-refractivity contribution in [3.63, 3.8) is 0 Å². The highest BCUT2D eigenvalue weighted by molar-refractivity contribution is 5.74. The Kier molecular flexibility index (Phi) is 7.13. The summed E-state index contributed by atoms with van der Waals surface area (Å²) in [7, 11) is 5.88. The number of rotatable bonds is 6. The Morgan fingerprint density at radius 1 is 1.25 bits per heavy atom. The van der Waals surface area contributed by atoms with Gasteiger partial charge in [0, 0.05) is 26.2 Å². The number of carbonyl (C=O) groups is 1. The van der Waals surface area contributed by atoms with E-state index in [1.807, 2.05) is 28.1 Å². The van der Waals surface area contributed by atoms with Gasteiger partial charge in [-0.05, 0) is 33.4 Å². The van der Waals surface area contributed by atoms with Crippen LogP contribution in [0.2, 0.25) is 0 Å². The summed E-state index contributed by atoms with van der Waals surface area (Å²) in [4.78, 5) is 15.6. The summed E-state index contributed by atoms with van der Waals surface area (Å²) < 4.78 is 0. The van der Waals surface area contributed by atoms with Crippen LogP contribution in [0, 0.1) is 5.92 Å². The topological polar surface area (TPSA) is 35.6 Å². The Morgan fingerprint density at radius 3 is 2.19 bits per heavy atom. The van der Waals surface area contributed by atoms with Crippen LogP contribution in [0.15, 0.2) is 0 Å². The second-order valence-corrected chi connectivity index (χ2v) is 5.05. The molecule has 0 fully saturated rings. The minimum absolute atomic E-state index is 0.0231. The molecule has 0 heterocycles. The maximum atomic E-state index is 11.7. The van der Waals surface area contributed by atoms with E-state index in [4.69, 9.17) is 0 Å². The molecule has 0 saturated carbocycles. The summed E-state index contributed by atoms with van der Waals surface area (Å²) in [5.74, 6) is 0.595. The zero-order valence-electron chi connectivity index (χ0n) is 11.6. The van der Waals surface area contributed by atoms with Crippen LogP contribution in [0.1, 0.15) is 27.2 Å². The van der Waals surface area contributed by atoms with E-state index in [-0.39, 0.29) is 12.1 Å². The summed E-state index contributed by atoms with van der Waals surface area (Å²) in [5.41, 5.74) is 0. The highest BCUT2D eigenvalue weighted by Crippen LogP contribution is 2.06. The minimum Gasteiger partial charge on any atom is -0.334 e. The second kappa shape index (κ2) is 7.49. The molecule has 1 N–H and O–H groups in total. The molecule has 4 heteroatoms. The van der Waals surface area contributed by atoms with Crippen molar-refractivity contribution in [3.8, 4) is 0 Å². The first-order valence-corrected chi connectivity index (χ1v) is 6.03. The molecule has 0 bridgehead atoms. The predicted octanol–water partition coefficient (Wildman–Crippen LogP) is 1.62. The standard InChI is InChI=1S/C12H27N3O/c1-7-15(6)12(16)13-11(8-10(2)3)9-14(4)5/h10-11H,7-9H2,1-6H3,(H,13,16). The molecule has 0 aromatic heterocycles. The molecule has 0 aromatic rings. The molecular weight excluding hydrogens is 202 g/mol. The molecular formula is C12H27N3O. The van der Waals surface area contributed by atoms with Crippen LogP contribution in [-0.2, 0) is 0 Å². The summed E-state index contributed by atoms with van der Waals surface area (Å²) in [6, 6.07) is 0.256. The monoisotopic (exact) mass is 229 g/mol. The van der Waals surface area contributed by atoms with Crippen molar-refractivity contribution in [2.24, 2.45) is 5.92 Å². The molecule has 16 heavy (non-hydrogen) atoms. The third kappa shape index (κ3) is 6.67. The average Bonchev–Trinajstić information content (AvgIpc) is 2.14. The number of likely N-dealkylation sites (N-methyl/N-ethyl adjacent to an activating group) is 1. The molecule has 0 spiro atoms. The Morgan fingerprint density at radius 2 is 1.81 bits per heavy atom. The van der Waals surface area contributed by atoms with Crippen molar-refractivity contribution < 1.29 is 4.79 Å². The lowest BCUT2D eigenvalue weighted by Gasteiger charge is -2.26. The van der Waals surface area contributed by atoms with E-state index in [0.29, 0.717) is 5.92 Å². The number of nitrogens with zero attached hydrogens (tertiary/aromatic N) is 2. The van der Waals surface area contributed by atoms with Gasteiger partial charge in [-0.15, -0.1) is 0 Å². The molecule has 0 aromatic carbocycles. The first-order chi connectivity index (χ1) is 7.36. The van der Waals surface area contributed by atoms with Crippen LogP contribution in [0.5, 0.6) is 0 Å². The minimum atomic E-state index is 0.0231. The Bertz CT molecular complexity index is 194. The molecule has 4 nitrogen and oxygen atoms in total. The normalized spacial score (nSPS) is 13.0. The van der Waals surface area contributed by atoms with Crippen LogP contribution < -0.4 is 5.32 Å². The highest BCUT2D eigenvalue weighted by atomic mass is 16.2. The maximum Gasteiger partial charge on any atom is 0.317 e. The number of nitrogens with one attached hydrogen (secondary N) is 1. The zero-order chi connectivity index (χ0) is 12.7. The number of hydrogen-bond acceptors (Lipinski definition) is 2. The van der Waals surface area contributed by atoms with E-state index >= 15 is 0 Å². The molecule has 0 radical (unpaired) electrons. The Hall–Kier alpha value is -0.770. The molecule has 0 aliphatic carbocycles. The quantitative estimate of drug-likeness (QED) is 0.751. The van der Waals surface area contributed by atoms with Gasteiger partial charge in [-0.25, -0.2) is 4.79 Å². The molecule has 0 aliphatic heterocycles. The van der Waals surface area contributed by atoms with Gasteiger partial charge in [-0.1, -0.05) is 13.8 Å². The molecule has 2 amide bonds. The van der Waals surface area contributed by atoms with Gasteiger partial charge < -0.3 is 15.1 Å². The lowest BCUT2D eigenvalue weighted by molar-refractivity contribution is 0.200. The van der Waals surface area contributed by atoms with Crippen molar-refractivity contribution in [1.82, 2.24) is 15.1 Å². The van der Waals surface area contributed by atoms with E-state index in [9.17, 15) is 4.79 Å². The van der Waals surface area contributed by atoms with Gasteiger partial charge in [-0.3, -0.25) is 0 Å². The SMILES string of the molecule is CCN(C)C(=O)NC(CC(C)C)CN(C)C. The molecule has 96 valence electrons. The molecule has 0 aliphatic rings. The number of urea groups is 1. The van der Waals surface area contributed by atoms with Gasteiger partial charge in [0.25, 0.3) is 0 Å². The number of hydrogen-bond donors (Lipinski definition) is 1. The molecule has 1 unspecified atom stereocenters. The van der Waals surface area contributed by atoms with E-state index in [1.165, 1.54) is 0 Å². The van der Waals surface area contributed by atoms with Crippen LogP contribution in [0.4, 0.5) is 4.79 Å². The van der Waals surface area contributed by atoms with E-state index in [1.54, 1.807) is 4.90 Å². The van der Waals surface area contributed by atoms with Gasteiger partial charge in [0.1, 0.15) is 0 Å². The molecule has 1 atom stereocenters. The maximum absolute atomic E-state index is 11.7. The first kappa shape index (κ1) is 15.2.